The molecule has 8 nitrogen and oxygen atoms in total. The Morgan fingerprint density at radius 2 is 1.60 bits per heavy atom. The zero-order chi connectivity index (χ0) is 24.9. The van der Waals surface area contributed by atoms with Gasteiger partial charge in [0, 0.05) is 5.92 Å². The van der Waals surface area contributed by atoms with Crippen molar-refractivity contribution >= 4 is 18.0 Å². The molecule has 0 saturated carbocycles. The second-order valence-electron chi connectivity index (χ2n) is 8.94. The largest absolute Gasteiger partial charge is 0.480 e. The van der Waals surface area contributed by atoms with Gasteiger partial charge in [-0.1, -0.05) is 62.4 Å². The third-order valence-corrected chi connectivity index (χ3v) is 5.95. The highest BCUT2D eigenvalue weighted by atomic mass is 16.5. The van der Waals surface area contributed by atoms with Gasteiger partial charge in [-0.05, 0) is 46.7 Å². The first-order valence-corrected chi connectivity index (χ1v) is 11.5. The van der Waals surface area contributed by atoms with E-state index in [-0.39, 0.29) is 30.7 Å². The Bertz CT molecular complexity index is 1190. The fraction of sp³-hybridized carbons (Fsp3) is 0.296. The van der Waals surface area contributed by atoms with Crippen LogP contribution in [-0.2, 0) is 16.1 Å². The van der Waals surface area contributed by atoms with Crippen molar-refractivity contribution in [1.82, 2.24) is 10.6 Å². The number of carboxylic acids is 1. The Morgan fingerprint density at radius 1 is 0.971 bits per heavy atom. The molecule has 0 radical (unpaired) electrons. The Balaban J connectivity index is 1.30. The molecule has 3 N–H and O–H groups in total. The Hall–Kier alpha value is -4.07. The minimum atomic E-state index is -1.10. The van der Waals surface area contributed by atoms with E-state index in [4.69, 9.17) is 9.15 Å². The summed E-state index contributed by atoms with van der Waals surface area (Å²) >= 11 is 0. The summed E-state index contributed by atoms with van der Waals surface area (Å²) in [6, 6.07) is 18.2. The molecule has 4 rings (SSSR count). The second kappa shape index (κ2) is 10.5. The van der Waals surface area contributed by atoms with Crippen LogP contribution in [0, 0.1) is 5.92 Å². The molecular weight excluding hydrogens is 448 g/mol. The minimum Gasteiger partial charge on any atom is -0.480 e. The fourth-order valence-corrected chi connectivity index (χ4v) is 4.33. The van der Waals surface area contributed by atoms with Crippen LogP contribution in [-0.4, -0.2) is 35.7 Å². The van der Waals surface area contributed by atoms with Crippen LogP contribution in [0.25, 0.3) is 11.1 Å². The molecule has 1 heterocycles. The molecule has 1 aliphatic carbocycles. The first kappa shape index (κ1) is 24.1. The number of nitrogens with one attached hydrogen (secondary N) is 2. The highest BCUT2D eigenvalue weighted by molar-refractivity contribution is 5.94. The van der Waals surface area contributed by atoms with Crippen molar-refractivity contribution in [2.75, 3.05) is 6.61 Å². The molecule has 0 bridgehead atoms. The van der Waals surface area contributed by atoms with Gasteiger partial charge >= 0.3 is 12.1 Å². The van der Waals surface area contributed by atoms with Gasteiger partial charge in [-0.2, -0.15) is 0 Å². The van der Waals surface area contributed by atoms with Gasteiger partial charge in [-0.25, -0.2) is 9.59 Å². The quantitative estimate of drug-likeness (QED) is 0.417. The van der Waals surface area contributed by atoms with E-state index in [1.54, 1.807) is 6.07 Å². The number of rotatable bonds is 9. The third-order valence-electron chi connectivity index (χ3n) is 5.95. The number of carbonyl (C=O) groups excluding carboxylic acids is 2. The Kier molecular flexibility index (Phi) is 7.19. The maximum absolute atomic E-state index is 12.4. The number of hydrogen-bond acceptors (Lipinski definition) is 5. The third kappa shape index (κ3) is 5.54. The summed E-state index contributed by atoms with van der Waals surface area (Å²) in [6.45, 7) is 3.97. The van der Waals surface area contributed by atoms with E-state index in [1.807, 2.05) is 50.2 Å². The molecule has 1 atom stereocenters. The van der Waals surface area contributed by atoms with Crippen molar-refractivity contribution in [2.45, 2.75) is 38.8 Å². The number of alkyl carbamates (subject to hydrolysis) is 1. The van der Waals surface area contributed by atoms with Crippen LogP contribution in [0.15, 0.2) is 65.1 Å². The van der Waals surface area contributed by atoms with E-state index < -0.39 is 24.0 Å². The van der Waals surface area contributed by atoms with Gasteiger partial charge in [-0.15, -0.1) is 0 Å². The van der Waals surface area contributed by atoms with Crippen molar-refractivity contribution in [2.24, 2.45) is 5.92 Å². The zero-order valence-corrected chi connectivity index (χ0v) is 19.6. The summed E-state index contributed by atoms with van der Waals surface area (Å²) in [4.78, 5) is 36.1. The highest BCUT2D eigenvalue weighted by Gasteiger charge is 2.29. The van der Waals surface area contributed by atoms with Crippen LogP contribution in [0.3, 0.4) is 0 Å². The average Bonchev–Trinajstić information content (AvgIpc) is 3.44. The molecule has 2 aromatic carbocycles. The number of amides is 2. The molecule has 0 aliphatic heterocycles. The van der Waals surface area contributed by atoms with Crippen LogP contribution in [0.5, 0.6) is 0 Å². The summed E-state index contributed by atoms with van der Waals surface area (Å²) in [5, 5.41) is 14.4. The molecule has 0 saturated heterocycles. The number of carbonyl (C=O) groups is 3. The number of furan rings is 1. The van der Waals surface area contributed by atoms with Gasteiger partial charge < -0.3 is 24.9 Å². The Labute approximate surface area is 203 Å². The van der Waals surface area contributed by atoms with Gasteiger partial charge in [0.05, 0.1) is 6.54 Å². The summed E-state index contributed by atoms with van der Waals surface area (Å²) in [5.74, 6) is -1.34. The molecule has 1 aromatic heterocycles. The van der Waals surface area contributed by atoms with Gasteiger partial charge in [-0.3, -0.25) is 4.79 Å². The van der Waals surface area contributed by atoms with Crippen LogP contribution >= 0.6 is 0 Å². The number of aliphatic carboxylic acids is 1. The summed E-state index contributed by atoms with van der Waals surface area (Å²) in [5.41, 5.74) is 4.55. The van der Waals surface area contributed by atoms with Crippen molar-refractivity contribution in [1.29, 1.82) is 0 Å². The molecule has 182 valence electrons. The number of carboxylic acid groups (broad SMARTS) is 1. The summed E-state index contributed by atoms with van der Waals surface area (Å²) in [6.07, 6.45) is -0.296. The summed E-state index contributed by atoms with van der Waals surface area (Å²) in [7, 11) is 0. The van der Waals surface area contributed by atoms with Gasteiger partial charge in [0.2, 0.25) is 0 Å². The van der Waals surface area contributed by atoms with E-state index >= 15 is 0 Å². The lowest BCUT2D eigenvalue weighted by Crippen LogP contribution is -2.41. The SMILES string of the molecule is CC(C)C[C@H](NC(=O)c1ccc(CNC(=O)OCC2c3ccccc3-c3ccccc32)o1)C(=O)O. The fourth-order valence-electron chi connectivity index (χ4n) is 4.33. The first-order chi connectivity index (χ1) is 16.8. The van der Waals surface area contributed by atoms with E-state index in [0.29, 0.717) is 12.2 Å². The molecule has 8 heteroatoms. The molecule has 0 spiro atoms. The standard InChI is InChI=1S/C27H28N2O6/c1-16(2)13-23(26(31)32)29-25(30)24-12-11-17(35-24)14-28-27(33)34-15-22-20-9-5-3-7-18(20)19-8-4-6-10-21(19)22/h3-12,16,22-23H,13-15H2,1-2H3,(H,28,33)(H,29,30)(H,31,32)/t23-/m0/s1. The molecular formula is C27H28N2O6. The van der Waals surface area contributed by atoms with Crippen molar-refractivity contribution in [3.8, 4) is 11.1 Å². The van der Waals surface area contributed by atoms with Crippen molar-refractivity contribution in [3.05, 3.63) is 83.3 Å². The molecule has 0 unspecified atom stereocenters. The van der Waals surface area contributed by atoms with Gasteiger partial charge in [0.25, 0.3) is 5.91 Å². The molecule has 0 fully saturated rings. The van der Waals surface area contributed by atoms with Crippen LogP contribution < -0.4 is 10.6 Å². The summed E-state index contributed by atoms with van der Waals surface area (Å²) < 4.78 is 11.0. The maximum Gasteiger partial charge on any atom is 0.407 e. The smallest absolute Gasteiger partial charge is 0.407 e. The Morgan fingerprint density at radius 3 is 2.20 bits per heavy atom. The molecule has 35 heavy (non-hydrogen) atoms. The zero-order valence-electron chi connectivity index (χ0n) is 19.6. The average molecular weight is 477 g/mol. The predicted octanol–water partition coefficient (Wildman–Crippen LogP) is 4.55. The highest BCUT2D eigenvalue weighted by Crippen LogP contribution is 2.44. The molecule has 2 amide bonds. The van der Waals surface area contributed by atoms with Crippen LogP contribution in [0.4, 0.5) is 4.79 Å². The van der Waals surface area contributed by atoms with E-state index in [0.717, 1.165) is 22.3 Å². The molecule has 1 aliphatic rings. The monoisotopic (exact) mass is 476 g/mol. The first-order valence-electron chi connectivity index (χ1n) is 11.5. The van der Waals surface area contributed by atoms with E-state index in [9.17, 15) is 19.5 Å². The minimum absolute atomic E-state index is 0.0238. The normalized spacial score (nSPS) is 13.1. The van der Waals surface area contributed by atoms with Gasteiger partial charge in [0.15, 0.2) is 5.76 Å². The maximum atomic E-state index is 12.4. The van der Waals surface area contributed by atoms with Crippen LogP contribution in [0.2, 0.25) is 0 Å². The predicted molar refractivity (Wildman–Crippen MR) is 129 cm³/mol. The van der Waals surface area contributed by atoms with Crippen molar-refractivity contribution < 1.29 is 28.6 Å². The van der Waals surface area contributed by atoms with Crippen LogP contribution in [0.1, 0.15) is 53.6 Å². The lowest BCUT2D eigenvalue weighted by molar-refractivity contribution is -0.139. The van der Waals surface area contributed by atoms with Crippen molar-refractivity contribution in [3.63, 3.8) is 0 Å². The number of fused-ring (bicyclic) bond motifs is 3. The number of benzene rings is 2. The second-order valence-corrected chi connectivity index (χ2v) is 8.94. The number of hydrogen-bond donors (Lipinski definition) is 3. The van der Waals surface area contributed by atoms with E-state index in [2.05, 4.69) is 22.8 Å². The molecule has 3 aromatic rings. The van der Waals surface area contributed by atoms with E-state index in [1.165, 1.54) is 6.07 Å². The lowest BCUT2D eigenvalue weighted by atomic mass is 9.98. The lowest BCUT2D eigenvalue weighted by Gasteiger charge is -2.15. The van der Waals surface area contributed by atoms with Gasteiger partial charge in [0.1, 0.15) is 18.4 Å². The topological polar surface area (TPSA) is 118 Å². The number of ether oxygens (including phenoxy) is 1.